The zero-order valence-corrected chi connectivity index (χ0v) is 13.1. The minimum Gasteiger partial charge on any atom is -0.316 e. The highest BCUT2D eigenvalue weighted by molar-refractivity contribution is 7.88. The van der Waals surface area contributed by atoms with E-state index in [-0.39, 0.29) is 5.75 Å². The Labute approximate surface area is 122 Å². The molecule has 0 saturated carbocycles. The Morgan fingerprint density at radius 2 is 1.85 bits per heavy atom. The summed E-state index contributed by atoms with van der Waals surface area (Å²) in [6, 6.07) is 7.67. The standard InChI is InChI=1S/C15H24N2O2S/c1-4-5-6-11-17(3)20(18,19)13-15-9-7-14(8-10-15)12-16-2/h4,7-10,16H,1,5-6,11-13H2,2-3H3. The maximum Gasteiger partial charge on any atom is 0.218 e. The van der Waals surface area contributed by atoms with Crippen LogP contribution in [0.25, 0.3) is 0 Å². The normalized spacial score (nSPS) is 11.8. The highest BCUT2D eigenvalue weighted by Gasteiger charge is 2.17. The van der Waals surface area contributed by atoms with E-state index in [9.17, 15) is 8.42 Å². The number of nitrogens with zero attached hydrogens (tertiary/aromatic N) is 1. The summed E-state index contributed by atoms with van der Waals surface area (Å²) in [7, 11) is 0.283. The van der Waals surface area contributed by atoms with Gasteiger partial charge in [0.15, 0.2) is 0 Å². The molecule has 0 bridgehead atoms. The van der Waals surface area contributed by atoms with Gasteiger partial charge in [-0.15, -0.1) is 6.58 Å². The fraction of sp³-hybridized carbons (Fsp3) is 0.467. The second-order valence-corrected chi connectivity index (χ2v) is 6.93. The molecule has 0 aliphatic carbocycles. The van der Waals surface area contributed by atoms with Gasteiger partial charge in [-0.2, -0.15) is 0 Å². The molecule has 1 N–H and O–H groups in total. The molecular weight excluding hydrogens is 272 g/mol. The maximum atomic E-state index is 12.2. The Morgan fingerprint density at radius 3 is 2.40 bits per heavy atom. The van der Waals surface area contributed by atoms with Crippen molar-refractivity contribution in [2.24, 2.45) is 0 Å². The molecule has 20 heavy (non-hydrogen) atoms. The molecule has 0 unspecified atom stereocenters. The Balaban J connectivity index is 2.62. The van der Waals surface area contributed by atoms with Crippen molar-refractivity contribution in [3.05, 3.63) is 48.0 Å². The van der Waals surface area contributed by atoms with Gasteiger partial charge in [0.25, 0.3) is 0 Å². The lowest BCUT2D eigenvalue weighted by Crippen LogP contribution is -2.29. The number of benzene rings is 1. The number of hydrogen-bond donors (Lipinski definition) is 1. The molecule has 0 saturated heterocycles. The third-order valence-electron chi connectivity index (χ3n) is 3.11. The van der Waals surface area contributed by atoms with Crippen LogP contribution in [0.2, 0.25) is 0 Å². The van der Waals surface area contributed by atoms with Crippen LogP contribution in [0.5, 0.6) is 0 Å². The summed E-state index contributed by atoms with van der Waals surface area (Å²) in [5.74, 6) is 0.0530. The van der Waals surface area contributed by atoms with Gasteiger partial charge in [-0.05, 0) is 31.0 Å². The van der Waals surface area contributed by atoms with Crippen molar-refractivity contribution in [3.8, 4) is 0 Å². The van der Waals surface area contributed by atoms with Crippen LogP contribution in [0, 0.1) is 0 Å². The lowest BCUT2D eigenvalue weighted by Gasteiger charge is -2.16. The van der Waals surface area contributed by atoms with Gasteiger partial charge in [0, 0.05) is 20.1 Å². The molecular formula is C15H24N2O2S. The number of rotatable bonds is 9. The van der Waals surface area contributed by atoms with Crippen LogP contribution in [0.3, 0.4) is 0 Å². The largest absolute Gasteiger partial charge is 0.316 e. The van der Waals surface area contributed by atoms with Crippen molar-refractivity contribution < 1.29 is 8.42 Å². The summed E-state index contributed by atoms with van der Waals surface area (Å²) in [6.45, 7) is 4.96. The third kappa shape index (κ3) is 5.45. The molecule has 1 aromatic carbocycles. The molecule has 0 aliphatic rings. The highest BCUT2D eigenvalue weighted by Crippen LogP contribution is 2.12. The molecule has 1 rings (SSSR count). The van der Waals surface area contributed by atoms with E-state index in [0.717, 1.165) is 30.5 Å². The van der Waals surface area contributed by atoms with Gasteiger partial charge in [-0.25, -0.2) is 12.7 Å². The van der Waals surface area contributed by atoms with E-state index in [0.29, 0.717) is 6.54 Å². The average molecular weight is 296 g/mol. The smallest absolute Gasteiger partial charge is 0.218 e. The molecule has 112 valence electrons. The highest BCUT2D eigenvalue weighted by atomic mass is 32.2. The van der Waals surface area contributed by atoms with E-state index in [1.54, 1.807) is 13.1 Å². The molecule has 4 nitrogen and oxygen atoms in total. The van der Waals surface area contributed by atoms with Crippen LogP contribution in [0.15, 0.2) is 36.9 Å². The molecule has 0 heterocycles. The van der Waals surface area contributed by atoms with Crippen molar-refractivity contribution in [1.29, 1.82) is 0 Å². The number of nitrogens with one attached hydrogen (secondary N) is 1. The van der Waals surface area contributed by atoms with Crippen LogP contribution in [0.4, 0.5) is 0 Å². The van der Waals surface area contributed by atoms with Crippen molar-refractivity contribution in [3.63, 3.8) is 0 Å². The van der Waals surface area contributed by atoms with E-state index in [2.05, 4.69) is 11.9 Å². The van der Waals surface area contributed by atoms with E-state index in [1.165, 1.54) is 4.31 Å². The van der Waals surface area contributed by atoms with Crippen LogP contribution in [0.1, 0.15) is 24.0 Å². The van der Waals surface area contributed by atoms with Gasteiger partial charge >= 0.3 is 0 Å². The summed E-state index contributed by atoms with van der Waals surface area (Å²) < 4.78 is 25.8. The lowest BCUT2D eigenvalue weighted by atomic mass is 10.1. The number of unbranched alkanes of at least 4 members (excludes halogenated alkanes) is 1. The van der Waals surface area contributed by atoms with Crippen molar-refractivity contribution in [1.82, 2.24) is 9.62 Å². The first-order valence-electron chi connectivity index (χ1n) is 6.77. The van der Waals surface area contributed by atoms with Crippen LogP contribution >= 0.6 is 0 Å². The first-order chi connectivity index (χ1) is 9.49. The maximum absolute atomic E-state index is 12.2. The van der Waals surface area contributed by atoms with Gasteiger partial charge in [-0.1, -0.05) is 30.3 Å². The fourth-order valence-electron chi connectivity index (χ4n) is 1.88. The van der Waals surface area contributed by atoms with Gasteiger partial charge < -0.3 is 5.32 Å². The minimum atomic E-state index is -3.24. The molecule has 0 fully saturated rings. The van der Waals surface area contributed by atoms with Crippen LogP contribution in [-0.2, 0) is 22.3 Å². The zero-order valence-electron chi connectivity index (χ0n) is 12.3. The van der Waals surface area contributed by atoms with E-state index in [4.69, 9.17) is 0 Å². The number of allylic oxidation sites excluding steroid dienone is 1. The van der Waals surface area contributed by atoms with Gasteiger partial charge in [-0.3, -0.25) is 0 Å². The van der Waals surface area contributed by atoms with E-state index < -0.39 is 10.0 Å². The fourth-order valence-corrected chi connectivity index (χ4v) is 3.12. The predicted molar refractivity (Wildman–Crippen MR) is 83.9 cm³/mol. The summed E-state index contributed by atoms with van der Waals surface area (Å²) in [6.07, 6.45) is 3.44. The summed E-state index contributed by atoms with van der Waals surface area (Å²) >= 11 is 0. The van der Waals surface area contributed by atoms with E-state index >= 15 is 0 Å². The molecule has 0 spiro atoms. The van der Waals surface area contributed by atoms with Crippen LogP contribution in [-0.4, -0.2) is 33.4 Å². The van der Waals surface area contributed by atoms with Gasteiger partial charge in [0.1, 0.15) is 0 Å². The van der Waals surface area contributed by atoms with Gasteiger partial charge in [0.05, 0.1) is 5.75 Å². The summed E-state index contributed by atoms with van der Waals surface area (Å²) in [4.78, 5) is 0. The molecule has 0 aliphatic heterocycles. The van der Waals surface area contributed by atoms with Gasteiger partial charge in [0.2, 0.25) is 10.0 Å². The molecule has 0 atom stereocenters. The SMILES string of the molecule is C=CCCCN(C)S(=O)(=O)Cc1ccc(CNC)cc1. The quantitative estimate of drug-likeness (QED) is 0.561. The van der Waals surface area contributed by atoms with Crippen molar-refractivity contribution in [2.75, 3.05) is 20.6 Å². The molecule has 0 amide bonds. The van der Waals surface area contributed by atoms with Crippen molar-refractivity contribution >= 4 is 10.0 Å². The number of sulfonamides is 1. The molecule has 5 heteroatoms. The second kappa shape index (κ2) is 8.19. The molecule has 1 aromatic rings. The Hall–Kier alpha value is -1.17. The Morgan fingerprint density at radius 1 is 1.25 bits per heavy atom. The predicted octanol–water partition coefficient (Wildman–Crippen LogP) is 2.13. The average Bonchev–Trinajstić information content (AvgIpc) is 2.41. The monoisotopic (exact) mass is 296 g/mol. The third-order valence-corrected chi connectivity index (χ3v) is 4.94. The molecule has 0 aromatic heterocycles. The first-order valence-corrected chi connectivity index (χ1v) is 8.38. The zero-order chi connectivity index (χ0) is 15.0. The molecule has 0 radical (unpaired) electrons. The second-order valence-electron chi connectivity index (χ2n) is 4.86. The Kier molecular flexibility index (Phi) is 6.91. The summed E-state index contributed by atoms with van der Waals surface area (Å²) in [5, 5.41) is 3.06. The summed E-state index contributed by atoms with van der Waals surface area (Å²) in [5.41, 5.74) is 1.97. The van der Waals surface area contributed by atoms with Crippen molar-refractivity contribution in [2.45, 2.75) is 25.1 Å². The van der Waals surface area contributed by atoms with E-state index in [1.807, 2.05) is 31.3 Å². The first kappa shape index (κ1) is 16.9. The topological polar surface area (TPSA) is 49.4 Å². The lowest BCUT2D eigenvalue weighted by molar-refractivity contribution is 0.462. The van der Waals surface area contributed by atoms with Crippen LogP contribution < -0.4 is 5.32 Å². The minimum absolute atomic E-state index is 0.0530. The number of hydrogen-bond acceptors (Lipinski definition) is 3. The Bertz CT molecular complexity index is 509.